The van der Waals surface area contributed by atoms with Crippen LogP contribution < -0.4 is 15.0 Å². The van der Waals surface area contributed by atoms with Gasteiger partial charge >= 0.3 is 0 Å². The second-order valence-electron chi connectivity index (χ2n) is 6.51. The average Bonchev–Trinajstić information content (AvgIpc) is 2.63. The van der Waals surface area contributed by atoms with Crippen LogP contribution in [0.25, 0.3) is 0 Å². The highest BCUT2D eigenvalue weighted by Gasteiger charge is 2.12. The molecule has 2 aromatic rings. The lowest BCUT2D eigenvalue weighted by atomic mass is 10.2. The molecule has 6 nitrogen and oxygen atoms in total. The number of carbonyl (C=O) groups is 2. The minimum absolute atomic E-state index is 0.0715. The molecule has 0 heterocycles. The molecular weight excluding hydrogens is 366 g/mol. The minimum Gasteiger partial charge on any atom is -0.488 e. The Morgan fingerprint density at radius 1 is 1.07 bits per heavy atom. The highest BCUT2D eigenvalue weighted by molar-refractivity contribution is 6.30. The van der Waals surface area contributed by atoms with Crippen molar-refractivity contribution in [3.05, 3.63) is 59.1 Å². The van der Waals surface area contributed by atoms with Crippen molar-refractivity contribution < 1.29 is 19.2 Å². The second-order valence-corrected chi connectivity index (χ2v) is 6.95. The molecule has 0 saturated carbocycles. The van der Waals surface area contributed by atoms with E-state index in [4.69, 9.17) is 16.3 Å². The van der Waals surface area contributed by atoms with Gasteiger partial charge in [-0.15, -0.1) is 0 Å². The summed E-state index contributed by atoms with van der Waals surface area (Å²) in [5.41, 5.74) is 1.25. The van der Waals surface area contributed by atoms with Crippen molar-refractivity contribution in [3.63, 3.8) is 0 Å². The molecular formula is C20H25ClN3O3+. The zero-order valence-corrected chi connectivity index (χ0v) is 16.5. The van der Waals surface area contributed by atoms with E-state index in [1.807, 2.05) is 19.2 Å². The zero-order valence-electron chi connectivity index (χ0n) is 15.8. The molecule has 7 heteroatoms. The number of ether oxygens (including phenoxy) is 1. The van der Waals surface area contributed by atoms with Gasteiger partial charge in [-0.3, -0.25) is 9.59 Å². The van der Waals surface area contributed by atoms with Crippen LogP contribution >= 0.6 is 11.6 Å². The Labute approximate surface area is 164 Å². The first-order chi connectivity index (χ1) is 12.8. The van der Waals surface area contributed by atoms with E-state index in [9.17, 15) is 9.59 Å². The van der Waals surface area contributed by atoms with Crippen LogP contribution in [0, 0.1) is 0 Å². The molecule has 0 radical (unpaired) electrons. The summed E-state index contributed by atoms with van der Waals surface area (Å²) >= 11 is 5.83. The van der Waals surface area contributed by atoms with E-state index >= 15 is 0 Å². The summed E-state index contributed by atoms with van der Waals surface area (Å²) in [7, 11) is 5.34. The number of carbonyl (C=O) groups excluding carboxylic acids is 2. The Balaban J connectivity index is 1.74. The maximum atomic E-state index is 12.2. The molecule has 0 aliphatic carbocycles. The van der Waals surface area contributed by atoms with Crippen LogP contribution in [-0.4, -0.2) is 57.6 Å². The Bertz CT molecular complexity index is 761. The molecule has 2 aromatic carbocycles. The maximum absolute atomic E-state index is 12.2. The Morgan fingerprint density at radius 2 is 1.70 bits per heavy atom. The lowest BCUT2D eigenvalue weighted by Gasteiger charge is -2.15. The monoisotopic (exact) mass is 390 g/mol. The van der Waals surface area contributed by atoms with Gasteiger partial charge in [0.2, 0.25) is 0 Å². The van der Waals surface area contributed by atoms with Crippen LogP contribution in [0.5, 0.6) is 5.75 Å². The molecule has 2 rings (SSSR count). The lowest BCUT2D eigenvalue weighted by molar-refractivity contribution is -0.871. The molecule has 0 spiro atoms. The van der Waals surface area contributed by atoms with Crippen LogP contribution in [0.2, 0.25) is 5.02 Å². The number of hydrogen-bond donors (Lipinski definition) is 2. The minimum atomic E-state index is -0.0920. The van der Waals surface area contributed by atoms with Gasteiger partial charge in [-0.1, -0.05) is 11.6 Å². The number of halogens is 1. The van der Waals surface area contributed by atoms with Crippen LogP contribution in [0.1, 0.15) is 10.4 Å². The van der Waals surface area contributed by atoms with Gasteiger partial charge < -0.3 is 19.9 Å². The zero-order chi connectivity index (χ0) is 19.8. The van der Waals surface area contributed by atoms with Gasteiger partial charge in [-0.2, -0.15) is 0 Å². The summed E-state index contributed by atoms with van der Waals surface area (Å²) in [5, 5.41) is 3.51. The molecule has 0 aromatic heterocycles. The molecule has 1 unspecified atom stereocenters. The van der Waals surface area contributed by atoms with E-state index in [1.54, 1.807) is 50.5 Å². The number of amides is 2. The topological polar surface area (TPSA) is 63.1 Å². The molecule has 27 heavy (non-hydrogen) atoms. The van der Waals surface area contributed by atoms with E-state index < -0.39 is 0 Å². The number of likely N-dealkylation sites (N-methyl/N-ethyl adjacent to an activating group) is 1. The number of benzene rings is 2. The quantitative estimate of drug-likeness (QED) is 0.719. The second kappa shape index (κ2) is 9.94. The van der Waals surface area contributed by atoms with Crippen LogP contribution in [0.3, 0.4) is 0 Å². The number of rotatable bonds is 8. The molecule has 2 N–H and O–H groups in total. The van der Waals surface area contributed by atoms with Gasteiger partial charge in [-0.05, 0) is 48.5 Å². The summed E-state index contributed by atoms with van der Waals surface area (Å²) in [6.07, 6.45) is 0. The van der Waals surface area contributed by atoms with Gasteiger partial charge in [0, 0.05) is 30.4 Å². The molecule has 144 valence electrons. The summed E-state index contributed by atoms with van der Waals surface area (Å²) in [4.78, 5) is 26.6. The first-order valence-electron chi connectivity index (χ1n) is 8.66. The van der Waals surface area contributed by atoms with Gasteiger partial charge in [0.25, 0.3) is 11.8 Å². The van der Waals surface area contributed by atoms with Gasteiger partial charge in [0.05, 0.1) is 7.05 Å². The first kappa shape index (κ1) is 20.7. The predicted octanol–water partition coefficient (Wildman–Crippen LogP) is 1.57. The number of nitrogens with one attached hydrogen (secondary N) is 2. The van der Waals surface area contributed by atoms with E-state index in [2.05, 4.69) is 5.32 Å². The molecule has 2 amide bonds. The molecule has 0 saturated heterocycles. The van der Waals surface area contributed by atoms with Crippen molar-refractivity contribution in [1.82, 2.24) is 4.90 Å². The SMILES string of the molecule is CN(C)C(=O)c1ccc(NC(=O)C[NH+](C)CCOc2ccc(Cl)cc2)cc1. The lowest BCUT2D eigenvalue weighted by Crippen LogP contribution is -3.10. The van der Waals surface area contributed by atoms with Gasteiger partial charge in [-0.25, -0.2) is 0 Å². The fraction of sp³-hybridized carbons (Fsp3) is 0.300. The Kier molecular flexibility index (Phi) is 7.64. The normalized spacial score (nSPS) is 11.6. The Morgan fingerprint density at radius 3 is 2.30 bits per heavy atom. The van der Waals surface area contributed by atoms with Crippen molar-refractivity contribution in [3.8, 4) is 5.75 Å². The van der Waals surface area contributed by atoms with Crippen molar-refractivity contribution in [1.29, 1.82) is 0 Å². The van der Waals surface area contributed by atoms with Gasteiger partial charge in [0.15, 0.2) is 6.54 Å². The molecule has 0 aliphatic rings. The maximum Gasteiger partial charge on any atom is 0.279 e. The fourth-order valence-electron chi connectivity index (χ4n) is 2.40. The van der Waals surface area contributed by atoms with Crippen molar-refractivity contribution in [2.75, 3.05) is 46.2 Å². The predicted molar refractivity (Wildman–Crippen MR) is 107 cm³/mol. The van der Waals surface area contributed by atoms with Crippen molar-refractivity contribution in [2.45, 2.75) is 0 Å². The summed E-state index contributed by atoms with van der Waals surface area (Å²) in [6.45, 7) is 1.51. The van der Waals surface area contributed by atoms with Crippen molar-refractivity contribution in [2.24, 2.45) is 0 Å². The highest BCUT2D eigenvalue weighted by Crippen LogP contribution is 2.15. The first-order valence-corrected chi connectivity index (χ1v) is 9.04. The summed E-state index contributed by atoms with van der Waals surface area (Å²) in [6, 6.07) is 14.0. The third kappa shape index (κ3) is 6.92. The number of quaternary nitrogens is 1. The highest BCUT2D eigenvalue weighted by atomic mass is 35.5. The summed E-state index contributed by atoms with van der Waals surface area (Å²) < 4.78 is 5.64. The van der Waals surface area contributed by atoms with Crippen LogP contribution in [0.4, 0.5) is 5.69 Å². The third-order valence-electron chi connectivity index (χ3n) is 3.90. The van der Waals surface area contributed by atoms with Gasteiger partial charge in [0.1, 0.15) is 18.9 Å². The average molecular weight is 391 g/mol. The number of anilines is 1. The standard InChI is InChI=1S/C20H24ClN3O3/c1-23(2)20(26)15-4-8-17(9-5-15)22-19(25)14-24(3)12-13-27-18-10-6-16(21)7-11-18/h4-11H,12-14H2,1-3H3,(H,22,25)/p+1. The van der Waals surface area contributed by atoms with E-state index in [1.165, 1.54) is 4.90 Å². The molecule has 0 aliphatic heterocycles. The molecule has 0 bridgehead atoms. The third-order valence-corrected chi connectivity index (χ3v) is 4.15. The number of hydrogen-bond acceptors (Lipinski definition) is 3. The van der Waals surface area contributed by atoms with E-state index in [0.29, 0.717) is 36.0 Å². The smallest absolute Gasteiger partial charge is 0.279 e. The van der Waals surface area contributed by atoms with E-state index in [0.717, 1.165) is 10.6 Å². The largest absolute Gasteiger partial charge is 0.488 e. The molecule has 0 fully saturated rings. The van der Waals surface area contributed by atoms with E-state index in [-0.39, 0.29) is 11.8 Å². The Hall–Kier alpha value is -2.57. The number of nitrogens with zero attached hydrogens (tertiary/aromatic N) is 1. The van der Waals surface area contributed by atoms with Crippen LogP contribution in [0.15, 0.2) is 48.5 Å². The van der Waals surface area contributed by atoms with Crippen LogP contribution in [-0.2, 0) is 4.79 Å². The molecule has 1 atom stereocenters. The summed E-state index contributed by atoms with van der Waals surface area (Å²) in [5.74, 6) is 0.590. The fourth-order valence-corrected chi connectivity index (χ4v) is 2.52. The van der Waals surface area contributed by atoms with Crippen molar-refractivity contribution >= 4 is 29.1 Å².